The van der Waals surface area contributed by atoms with Crippen LogP contribution in [-0.2, 0) is 4.74 Å². The van der Waals surface area contributed by atoms with E-state index in [-0.39, 0.29) is 18.8 Å². The van der Waals surface area contributed by atoms with E-state index in [1.807, 2.05) is 0 Å². The van der Waals surface area contributed by atoms with Gasteiger partial charge < -0.3 is 20.5 Å². The summed E-state index contributed by atoms with van der Waals surface area (Å²) in [6, 6.07) is 0.911. The molecule has 3 atom stereocenters. The van der Waals surface area contributed by atoms with Crippen molar-refractivity contribution in [3.63, 3.8) is 0 Å². The van der Waals surface area contributed by atoms with Crippen LogP contribution in [0.25, 0.3) is 16.9 Å². The SMILES string of the molecule is CC(C)(O)[C@H](F)CNC(=O)c1cnc(-c2cnn3cc(Cl)cnc23)cc1N[C@@H]1COC[C@H]1F. The van der Waals surface area contributed by atoms with Crippen LogP contribution in [0.5, 0.6) is 0 Å². The number of amides is 1. The lowest BCUT2D eigenvalue weighted by atomic mass is 10.0. The van der Waals surface area contributed by atoms with Gasteiger partial charge in [0.2, 0.25) is 0 Å². The predicted octanol–water partition coefficient (Wildman–Crippen LogP) is 2.43. The highest BCUT2D eigenvalue weighted by Crippen LogP contribution is 2.28. The first kappa shape index (κ1) is 23.3. The third-order valence-corrected chi connectivity index (χ3v) is 5.51. The number of carbonyl (C=O) groups is 1. The van der Waals surface area contributed by atoms with E-state index in [0.717, 1.165) is 0 Å². The summed E-state index contributed by atoms with van der Waals surface area (Å²) >= 11 is 5.96. The number of nitrogens with one attached hydrogen (secondary N) is 2. The molecular formula is C21H23ClF2N6O3. The van der Waals surface area contributed by atoms with Crippen LogP contribution in [-0.4, -0.2) is 74.3 Å². The van der Waals surface area contributed by atoms with Crippen LogP contribution in [0, 0.1) is 0 Å². The highest BCUT2D eigenvalue weighted by atomic mass is 35.5. The normalized spacial score (nSPS) is 19.6. The Morgan fingerprint density at radius 1 is 1.36 bits per heavy atom. The van der Waals surface area contributed by atoms with Crippen molar-refractivity contribution in [2.75, 3.05) is 25.1 Å². The number of nitrogens with zero attached hydrogens (tertiary/aromatic N) is 4. The van der Waals surface area contributed by atoms with Crippen molar-refractivity contribution in [3.05, 3.63) is 41.4 Å². The summed E-state index contributed by atoms with van der Waals surface area (Å²) in [5, 5.41) is 19.8. The molecule has 1 amide bonds. The van der Waals surface area contributed by atoms with E-state index in [0.29, 0.717) is 27.6 Å². The van der Waals surface area contributed by atoms with Gasteiger partial charge in [0, 0.05) is 12.4 Å². The molecule has 0 spiro atoms. The first-order valence-electron chi connectivity index (χ1n) is 10.3. The van der Waals surface area contributed by atoms with Crippen molar-refractivity contribution < 1.29 is 23.4 Å². The van der Waals surface area contributed by atoms with Gasteiger partial charge in [-0.1, -0.05) is 11.6 Å². The molecule has 3 aromatic heterocycles. The number of pyridine rings is 1. The van der Waals surface area contributed by atoms with Crippen molar-refractivity contribution >= 4 is 28.8 Å². The van der Waals surface area contributed by atoms with Crippen molar-refractivity contribution in [1.82, 2.24) is 24.9 Å². The van der Waals surface area contributed by atoms with E-state index in [9.17, 15) is 18.7 Å². The molecule has 0 aromatic carbocycles. The Bertz CT molecular complexity index is 1170. The van der Waals surface area contributed by atoms with Gasteiger partial charge in [0.25, 0.3) is 5.91 Å². The maximum atomic E-state index is 14.2. The molecule has 1 saturated heterocycles. The topological polar surface area (TPSA) is 114 Å². The first-order chi connectivity index (χ1) is 15.6. The summed E-state index contributed by atoms with van der Waals surface area (Å²) in [6.07, 6.45) is 2.99. The predicted molar refractivity (Wildman–Crippen MR) is 118 cm³/mol. The number of ether oxygens (including phenoxy) is 1. The minimum absolute atomic E-state index is 0.0506. The molecule has 0 aliphatic carbocycles. The highest BCUT2D eigenvalue weighted by Gasteiger charge is 2.30. The number of halogens is 3. The molecule has 3 aromatic rings. The monoisotopic (exact) mass is 480 g/mol. The molecule has 3 N–H and O–H groups in total. The average molecular weight is 481 g/mol. The van der Waals surface area contributed by atoms with Crippen LogP contribution in [0.1, 0.15) is 24.2 Å². The second kappa shape index (κ2) is 9.16. The van der Waals surface area contributed by atoms with Gasteiger partial charge in [-0.05, 0) is 19.9 Å². The first-order valence-corrected chi connectivity index (χ1v) is 10.6. The quantitative estimate of drug-likeness (QED) is 0.476. The summed E-state index contributed by atoms with van der Waals surface area (Å²) in [5.41, 5.74) is 0.280. The van der Waals surface area contributed by atoms with E-state index >= 15 is 0 Å². The van der Waals surface area contributed by atoms with E-state index in [4.69, 9.17) is 16.3 Å². The third kappa shape index (κ3) is 5.05. The van der Waals surface area contributed by atoms with E-state index in [2.05, 4.69) is 25.7 Å². The van der Waals surface area contributed by atoms with Crippen LogP contribution in [0.3, 0.4) is 0 Å². The minimum atomic E-state index is -1.68. The highest BCUT2D eigenvalue weighted by molar-refractivity contribution is 6.30. The van der Waals surface area contributed by atoms with Gasteiger partial charge >= 0.3 is 0 Å². The summed E-state index contributed by atoms with van der Waals surface area (Å²) < 4.78 is 35.0. The zero-order valence-electron chi connectivity index (χ0n) is 17.9. The standard InChI is InChI=1S/C21H23ClF2N6O3/c1-21(2,32)18(24)7-27-20(31)13-5-25-15(3-16(13)29-17-10-33-9-14(17)23)12-6-28-30-8-11(22)4-26-19(12)30/h3-6,8,14,17-18,32H,7,9-10H2,1-2H3,(H,25,29)(H,27,31)/t14-,17-,18-/m1/s1. The van der Waals surface area contributed by atoms with Crippen LogP contribution in [0.4, 0.5) is 14.5 Å². The zero-order valence-corrected chi connectivity index (χ0v) is 18.7. The molecule has 0 bridgehead atoms. The maximum absolute atomic E-state index is 14.2. The van der Waals surface area contributed by atoms with Gasteiger partial charge in [-0.25, -0.2) is 18.3 Å². The van der Waals surface area contributed by atoms with E-state index in [1.165, 1.54) is 30.8 Å². The fourth-order valence-electron chi connectivity index (χ4n) is 3.32. The number of hydrogen-bond acceptors (Lipinski definition) is 7. The average Bonchev–Trinajstić information content (AvgIpc) is 3.36. The smallest absolute Gasteiger partial charge is 0.255 e. The Kier molecular flexibility index (Phi) is 6.46. The Hall–Kier alpha value is -2.89. The van der Waals surface area contributed by atoms with Gasteiger partial charge in [0.15, 0.2) is 5.65 Å². The molecule has 9 nitrogen and oxygen atoms in total. The number of hydrogen-bond donors (Lipinski definition) is 3. The van der Waals surface area contributed by atoms with Crippen molar-refractivity contribution in [2.45, 2.75) is 37.8 Å². The molecule has 176 valence electrons. The lowest BCUT2D eigenvalue weighted by Gasteiger charge is -2.23. The fraction of sp³-hybridized carbons (Fsp3) is 0.429. The molecule has 1 aliphatic heterocycles. The second-order valence-electron chi connectivity index (χ2n) is 8.35. The Labute approximate surface area is 193 Å². The molecule has 0 radical (unpaired) electrons. The third-order valence-electron chi connectivity index (χ3n) is 5.31. The Morgan fingerprint density at radius 3 is 2.85 bits per heavy atom. The molecule has 33 heavy (non-hydrogen) atoms. The molecule has 4 heterocycles. The minimum Gasteiger partial charge on any atom is -0.387 e. The van der Waals surface area contributed by atoms with Crippen LogP contribution in [0.15, 0.2) is 30.9 Å². The number of fused-ring (bicyclic) bond motifs is 1. The Balaban J connectivity index is 1.66. The maximum Gasteiger partial charge on any atom is 0.255 e. The second-order valence-corrected chi connectivity index (χ2v) is 8.79. The Morgan fingerprint density at radius 2 is 2.15 bits per heavy atom. The van der Waals surface area contributed by atoms with Gasteiger partial charge in [0.05, 0.1) is 71.3 Å². The molecule has 0 saturated carbocycles. The number of aliphatic hydroxyl groups is 1. The number of rotatable bonds is 7. The summed E-state index contributed by atoms with van der Waals surface area (Å²) in [4.78, 5) is 21.4. The van der Waals surface area contributed by atoms with Crippen molar-refractivity contribution in [3.8, 4) is 11.3 Å². The van der Waals surface area contributed by atoms with Crippen LogP contribution in [0.2, 0.25) is 5.02 Å². The molecule has 1 aliphatic rings. The van der Waals surface area contributed by atoms with Gasteiger partial charge in [-0.2, -0.15) is 5.10 Å². The summed E-state index contributed by atoms with van der Waals surface area (Å²) in [7, 11) is 0. The number of aromatic nitrogens is 4. The van der Waals surface area contributed by atoms with Crippen LogP contribution >= 0.6 is 11.6 Å². The van der Waals surface area contributed by atoms with Gasteiger partial charge in [0.1, 0.15) is 12.3 Å². The summed E-state index contributed by atoms with van der Waals surface area (Å²) in [5.74, 6) is -0.623. The number of alkyl halides is 2. The summed E-state index contributed by atoms with van der Waals surface area (Å²) in [6.45, 7) is 2.30. The largest absolute Gasteiger partial charge is 0.387 e. The fourth-order valence-corrected chi connectivity index (χ4v) is 3.46. The molecule has 4 rings (SSSR count). The lowest BCUT2D eigenvalue weighted by Crippen LogP contribution is -2.42. The lowest BCUT2D eigenvalue weighted by molar-refractivity contribution is -0.00177. The molecular weight excluding hydrogens is 458 g/mol. The van der Waals surface area contributed by atoms with Crippen molar-refractivity contribution in [1.29, 1.82) is 0 Å². The zero-order chi connectivity index (χ0) is 23.8. The molecule has 1 fully saturated rings. The molecule has 0 unspecified atom stereocenters. The van der Waals surface area contributed by atoms with Crippen molar-refractivity contribution in [2.24, 2.45) is 0 Å². The van der Waals surface area contributed by atoms with E-state index < -0.39 is 36.4 Å². The number of carbonyl (C=O) groups excluding carboxylic acids is 1. The van der Waals surface area contributed by atoms with Crippen LogP contribution < -0.4 is 10.6 Å². The number of anilines is 1. The van der Waals surface area contributed by atoms with Gasteiger partial charge in [-0.3, -0.25) is 9.78 Å². The molecule has 12 heteroatoms. The van der Waals surface area contributed by atoms with E-state index in [1.54, 1.807) is 18.5 Å². The van der Waals surface area contributed by atoms with Gasteiger partial charge in [-0.15, -0.1) is 0 Å².